The number of aliphatic hydroxyl groups is 1. The van der Waals surface area contributed by atoms with Crippen LogP contribution in [0.4, 0.5) is 0 Å². The van der Waals surface area contributed by atoms with Gasteiger partial charge in [-0.2, -0.15) is 0 Å². The van der Waals surface area contributed by atoms with E-state index in [0.29, 0.717) is 10.9 Å². The number of hydrogen-bond acceptors (Lipinski definition) is 7. The summed E-state index contributed by atoms with van der Waals surface area (Å²) in [7, 11) is -4.03. The summed E-state index contributed by atoms with van der Waals surface area (Å²) < 4.78 is 38.7. The molecule has 32 heavy (non-hydrogen) atoms. The van der Waals surface area contributed by atoms with Gasteiger partial charge < -0.3 is 14.3 Å². The molecule has 4 aromatic rings. The van der Waals surface area contributed by atoms with E-state index in [9.17, 15) is 18.3 Å². The van der Waals surface area contributed by atoms with Gasteiger partial charge in [0.25, 0.3) is 10.0 Å². The molecule has 2 aromatic carbocycles. The first-order chi connectivity index (χ1) is 15.4. The second-order valence-electron chi connectivity index (χ2n) is 6.90. The molecular formula is C23H21NO6S2. The van der Waals surface area contributed by atoms with Gasteiger partial charge in [0.05, 0.1) is 22.7 Å². The molecule has 0 aliphatic rings. The number of thioether (sulfide) groups is 1. The Labute approximate surface area is 189 Å². The molecule has 0 spiro atoms. The van der Waals surface area contributed by atoms with Crippen LogP contribution in [0.5, 0.6) is 0 Å². The molecule has 0 radical (unpaired) electrons. The minimum atomic E-state index is -4.03. The second kappa shape index (κ2) is 8.85. The maximum atomic E-state index is 13.6. The van der Waals surface area contributed by atoms with E-state index in [1.165, 1.54) is 36.0 Å². The first-order valence-corrected chi connectivity index (χ1v) is 12.5. The van der Waals surface area contributed by atoms with Crippen molar-refractivity contribution in [3.05, 3.63) is 83.9 Å². The molecule has 9 heteroatoms. The summed E-state index contributed by atoms with van der Waals surface area (Å²) in [5.74, 6) is -0.697. The van der Waals surface area contributed by atoms with Crippen LogP contribution in [0, 0.1) is 0 Å². The van der Waals surface area contributed by atoms with Crippen LogP contribution in [0.3, 0.4) is 0 Å². The molecule has 7 nitrogen and oxygen atoms in total. The zero-order chi connectivity index (χ0) is 22.9. The number of esters is 1. The van der Waals surface area contributed by atoms with E-state index in [0.717, 1.165) is 8.87 Å². The van der Waals surface area contributed by atoms with E-state index < -0.39 is 22.1 Å². The van der Waals surface area contributed by atoms with Gasteiger partial charge in [0.1, 0.15) is 5.76 Å². The number of fused-ring (bicyclic) bond motifs is 1. The van der Waals surface area contributed by atoms with Crippen LogP contribution in [0.15, 0.2) is 80.9 Å². The van der Waals surface area contributed by atoms with E-state index in [2.05, 4.69) is 0 Å². The van der Waals surface area contributed by atoms with E-state index in [-0.39, 0.29) is 28.7 Å². The van der Waals surface area contributed by atoms with E-state index in [1.54, 1.807) is 37.3 Å². The number of carbonyl (C=O) groups is 1. The van der Waals surface area contributed by atoms with Crippen molar-refractivity contribution in [1.29, 1.82) is 0 Å². The highest BCUT2D eigenvalue weighted by Crippen LogP contribution is 2.34. The lowest BCUT2D eigenvalue weighted by atomic mass is 10.2. The van der Waals surface area contributed by atoms with Gasteiger partial charge in [-0.1, -0.05) is 18.2 Å². The molecule has 1 N–H and O–H groups in total. The van der Waals surface area contributed by atoms with Crippen LogP contribution >= 0.6 is 11.8 Å². The maximum absolute atomic E-state index is 13.6. The lowest BCUT2D eigenvalue weighted by Gasteiger charge is -2.15. The van der Waals surface area contributed by atoms with Crippen LogP contribution in [0.2, 0.25) is 0 Å². The Morgan fingerprint density at radius 2 is 1.88 bits per heavy atom. The summed E-state index contributed by atoms with van der Waals surface area (Å²) in [5, 5.41) is 11.8. The Balaban J connectivity index is 1.89. The number of nitrogens with zero attached hydrogens (tertiary/aromatic N) is 1. The van der Waals surface area contributed by atoms with Crippen molar-refractivity contribution in [1.82, 2.24) is 3.97 Å². The molecule has 2 heterocycles. The number of benzene rings is 2. The maximum Gasteiger partial charge on any atom is 0.374 e. The van der Waals surface area contributed by atoms with Crippen LogP contribution in [-0.2, 0) is 14.8 Å². The third kappa shape index (κ3) is 3.94. The van der Waals surface area contributed by atoms with Crippen LogP contribution in [0.1, 0.15) is 35.0 Å². The fourth-order valence-electron chi connectivity index (χ4n) is 3.43. The SMILES string of the molecule is CCOC(=O)c1ccc(C(O)c2cc3cc(SC)ccc3n2S(=O)(=O)c2ccccc2)o1. The van der Waals surface area contributed by atoms with Gasteiger partial charge in [0.15, 0.2) is 6.10 Å². The van der Waals surface area contributed by atoms with Crippen molar-refractivity contribution in [3.8, 4) is 0 Å². The highest BCUT2D eigenvalue weighted by atomic mass is 32.2. The molecule has 2 aromatic heterocycles. The quantitative estimate of drug-likeness (QED) is 0.314. The number of ether oxygens (including phenoxy) is 1. The van der Waals surface area contributed by atoms with E-state index >= 15 is 0 Å². The Hall–Kier alpha value is -3.01. The minimum Gasteiger partial charge on any atom is -0.460 e. The summed E-state index contributed by atoms with van der Waals surface area (Å²) in [5.41, 5.74) is 0.532. The third-order valence-electron chi connectivity index (χ3n) is 4.93. The standard InChI is InChI=1S/C23H21NO6S2/c1-3-29-23(26)21-12-11-20(30-21)22(25)19-14-15-13-16(31-2)9-10-18(15)24(19)32(27,28)17-7-5-4-6-8-17/h4-14,22,25H,3H2,1-2H3. The first kappa shape index (κ1) is 22.2. The highest BCUT2D eigenvalue weighted by molar-refractivity contribution is 7.98. The number of hydrogen-bond donors (Lipinski definition) is 1. The lowest BCUT2D eigenvalue weighted by Crippen LogP contribution is -2.18. The highest BCUT2D eigenvalue weighted by Gasteiger charge is 2.29. The average molecular weight is 472 g/mol. The Morgan fingerprint density at radius 3 is 2.56 bits per heavy atom. The van der Waals surface area contributed by atoms with Crippen LogP contribution in [0.25, 0.3) is 10.9 Å². The summed E-state index contributed by atoms with van der Waals surface area (Å²) in [6, 6.07) is 17.8. The van der Waals surface area contributed by atoms with Crippen LogP contribution in [-0.4, -0.2) is 36.3 Å². The van der Waals surface area contributed by atoms with Crippen LogP contribution < -0.4 is 0 Å². The normalized spacial score (nSPS) is 12.7. The fraction of sp³-hybridized carbons (Fsp3) is 0.174. The Kier molecular flexibility index (Phi) is 6.14. The van der Waals surface area contributed by atoms with Crippen molar-refractivity contribution < 1.29 is 27.5 Å². The predicted molar refractivity (Wildman–Crippen MR) is 121 cm³/mol. The van der Waals surface area contributed by atoms with Crippen molar-refractivity contribution in [2.24, 2.45) is 0 Å². The van der Waals surface area contributed by atoms with Crippen molar-refractivity contribution >= 4 is 38.7 Å². The van der Waals surface area contributed by atoms with Crippen molar-refractivity contribution in [2.75, 3.05) is 12.9 Å². The number of aromatic nitrogens is 1. The molecule has 0 bridgehead atoms. The average Bonchev–Trinajstić information content (AvgIpc) is 3.44. The molecule has 0 saturated heterocycles. The van der Waals surface area contributed by atoms with Gasteiger partial charge >= 0.3 is 5.97 Å². The van der Waals surface area contributed by atoms with E-state index in [1.807, 2.05) is 18.4 Å². The summed E-state index contributed by atoms with van der Waals surface area (Å²) >= 11 is 1.53. The molecule has 0 fully saturated rings. The minimum absolute atomic E-state index is 0.0328. The van der Waals surface area contributed by atoms with Gasteiger partial charge in [-0.05, 0) is 61.7 Å². The number of carbonyl (C=O) groups excluding carboxylic acids is 1. The molecule has 0 saturated carbocycles. The Bertz CT molecular complexity index is 1370. The summed E-state index contributed by atoms with van der Waals surface area (Å²) in [6.45, 7) is 1.85. The van der Waals surface area contributed by atoms with Crippen molar-refractivity contribution in [3.63, 3.8) is 0 Å². The third-order valence-corrected chi connectivity index (χ3v) is 7.41. The Morgan fingerprint density at radius 1 is 1.12 bits per heavy atom. The molecule has 1 atom stereocenters. The van der Waals surface area contributed by atoms with Gasteiger partial charge in [-0.15, -0.1) is 11.8 Å². The van der Waals surface area contributed by atoms with Crippen molar-refractivity contribution in [2.45, 2.75) is 22.8 Å². The smallest absolute Gasteiger partial charge is 0.374 e. The molecular weight excluding hydrogens is 450 g/mol. The zero-order valence-electron chi connectivity index (χ0n) is 17.4. The first-order valence-electron chi connectivity index (χ1n) is 9.81. The molecule has 0 amide bonds. The summed E-state index contributed by atoms with van der Waals surface area (Å²) in [6.07, 6.45) is 0.496. The number of rotatable bonds is 7. The largest absolute Gasteiger partial charge is 0.460 e. The molecule has 0 aliphatic carbocycles. The summed E-state index contributed by atoms with van der Waals surface area (Å²) in [4.78, 5) is 13.0. The topological polar surface area (TPSA) is 98.7 Å². The number of aliphatic hydroxyl groups excluding tert-OH is 1. The fourth-order valence-corrected chi connectivity index (χ4v) is 5.45. The van der Waals surface area contributed by atoms with Gasteiger partial charge in [-0.25, -0.2) is 17.2 Å². The second-order valence-corrected chi connectivity index (χ2v) is 9.57. The monoisotopic (exact) mass is 471 g/mol. The number of furan rings is 1. The molecule has 1 unspecified atom stereocenters. The van der Waals surface area contributed by atoms with Gasteiger partial charge in [-0.3, -0.25) is 0 Å². The molecule has 166 valence electrons. The lowest BCUT2D eigenvalue weighted by molar-refractivity contribution is 0.0483. The van der Waals surface area contributed by atoms with E-state index in [4.69, 9.17) is 9.15 Å². The molecule has 4 rings (SSSR count). The zero-order valence-corrected chi connectivity index (χ0v) is 19.0. The van der Waals surface area contributed by atoms with Gasteiger partial charge in [0, 0.05) is 10.3 Å². The predicted octanol–water partition coefficient (Wildman–Crippen LogP) is 4.45. The van der Waals surface area contributed by atoms with Gasteiger partial charge in [0.2, 0.25) is 5.76 Å². The molecule has 0 aliphatic heterocycles.